The Balaban J connectivity index is 2.33. The van der Waals surface area contributed by atoms with Crippen molar-refractivity contribution in [2.45, 2.75) is 46.0 Å². The fourth-order valence-electron chi connectivity index (χ4n) is 2.09. The molecule has 0 aliphatic rings. The lowest BCUT2D eigenvalue weighted by Gasteiger charge is -2.14. The molecule has 102 valence electrons. The van der Waals surface area contributed by atoms with Crippen molar-refractivity contribution in [1.29, 1.82) is 0 Å². The zero-order valence-electron chi connectivity index (χ0n) is 11.3. The molecule has 18 heavy (non-hydrogen) atoms. The van der Waals surface area contributed by atoms with Crippen LogP contribution in [0.4, 0.5) is 5.82 Å². The third kappa shape index (κ3) is 4.87. The molecule has 0 bridgehead atoms. The van der Waals surface area contributed by atoms with E-state index in [1.807, 2.05) is 6.92 Å². The maximum atomic E-state index is 11.8. The van der Waals surface area contributed by atoms with Crippen LogP contribution in [0.15, 0.2) is 6.20 Å². The molecule has 0 spiro atoms. The molecule has 5 nitrogen and oxygen atoms in total. The second-order valence-electron chi connectivity index (χ2n) is 4.75. The molecule has 0 aliphatic heterocycles. The monoisotopic (exact) mass is 252 g/mol. The summed E-state index contributed by atoms with van der Waals surface area (Å²) in [5, 5.41) is 9.49. The van der Waals surface area contributed by atoms with Gasteiger partial charge >= 0.3 is 0 Å². The molecule has 1 atom stereocenters. The summed E-state index contributed by atoms with van der Waals surface area (Å²) in [5.74, 6) is 1.31. The number of aryl methyl sites for hydroxylation is 1. The number of hydrogen-bond donors (Lipinski definition) is 3. The quantitative estimate of drug-likeness (QED) is 0.663. The maximum Gasteiger partial charge on any atom is 0.225 e. The number of anilines is 1. The summed E-state index contributed by atoms with van der Waals surface area (Å²) in [6, 6.07) is 0. The van der Waals surface area contributed by atoms with E-state index in [1.165, 1.54) is 0 Å². The first kappa shape index (κ1) is 14.7. The molecule has 0 fully saturated rings. The van der Waals surface area contributed by atoms with Crippen molar-refractivity contribution in [3.63, 3.8) is 0 Å². The molecular weight excluding hydrogens is 228 g/mol. The van der Waals surface area contributed by atoms with Gasteiger partial charge in [-0.3, -0.25) is 9.89 Å². The number of carbonyl (C=O) groups excluding carboxylic acids is 1. The number of carbonyl (C=O) groups is 1. The van der Waals surface area contributed by atoms with E-state index in [1.54, 1.807) is 6.20 Å². The Morgan fingerprint density at radius 3 is 2.83 bits per heavy atom. The van der Waals surface area contributed by atoms with Crippen LogP contribution in [-0.4, -0.2) is 22.6 Å². The van der Waals surface area contributed by atoms with Gasteiger partial charge in [0.1, 0.15) is 5.82 Å². The number of rotatable bonds is 8. The number of nitrogens with one attached hydrogen (secondary N) is 2. The van der Waals surface area contributed by atoms with Gasteiger partial charge < -0.3 is 11.1 Å². The van der Waals surface area contributed by atoms with Crippen LogP contribution in [-0.2, 0) is 4.79 Å². The third-order valence-corrected chi connectivity index (χ3v) is 3.14. The fraction of sp³-hybridized carbons (Fsp3) is 0.692. The summed E-state index contributed by atoms with van der Waals surface area (Å²) >= 11 is 0. The molecule has 5 heteroatoms. The lowest BCUT2D eigenvalue weighted by Crippen LogP contribution is -2.16. The Hall–Kier alpha value is -1.36. The second-order valence-corrected chi connectivity index (χ2v) is 4.75. The molecule has 1 rings (SSSR count). The molecule has 1 aromatic heterocycles. The predicted molar refractivity (Wildman–Crippen MR) is 73.3 cm³/mol. The first-order valence-corrected chi connectivity index (χ1v) is 6.67. The van der Waals surface area contributed by atoms with Gasteiger partial charge in [-0.1, -0.05) is 19.8 Å². The van der Waals surface area contributed by atoms with Gasteiger partial charge in [-0.15, -0.1) is 0 Å². The van der Waals surface area contributed by atoms with Gasteiger partial charge in [0.25, 0.3) is 0 Å². The lowest BCUT2D eigenvalue weighted by molar-refractivity contribution is -0.116. The standard InChI is InChI=1S/C13H24N4O/c1-3-4-11(7-8-14)5-6-12(18)16-13-10(2)9-15-17-13/h9,11H,3-8,14H2,1-2H3,(H2,15,16,17,18). The first-order chi connectivity index (χ1) is 8.67. The summed E-state index contributed by atoms with van der Waals surface area (Å²) in [6.07, 6.45) is 6.45. The lowest BCUT2D eigenvalue weighted by atomic mass is 9.94. The van der Waals surface area contributed by atoms with Gasteiger partial charge in [-0.2, -0.15) is 5.10 Å². The van der Waals surface area contributed by atoms with Crippen molar-refractivity contribution in [3.05, 3.63) is 11.8 Å². The smallest absolute Gasteiger partial charge is 0.225 e. The van der Waals surface area contributed by atoms with E-state index < -0.39 is 0 Å². The number of hydrogen-bond acceptors (Lipinski definition) is 3. The molecule has 0 aliphatic carbocycles. The molecule has 0 saturated carbocycles. The van der Waals surface area contributed by atoms with Crippen molar-refractivity contribution in [2.24, 2.45) is 11.7 Å². The number of nitrogens with two attached hydrogens (primary N) is 1. The Morgan fingerprint density at radius 1 is 1.50 bits per heavy atom. The first-order valence-electron chi connectivity index (χ1n) is 6.67. The van der Waals surface area contributed by atoms with Gasteiger partial charge in [0.05, 0.1) is 6.20 Å². The average Bonchev–Trinajstić information content (AvgIpc) is 2.73. The van der Waals surface area contributed by atoms with Crippen molar-refractivity contribution < 1.29 is 4.79 Å². The van der Waals surface area contributed by atoms with Crippen LogP contribution in [0.2, 0.25) is 0 Å². The highest BCUT2D eigenvalue weighted by Gasteiger charge is 2.11. The van der Waals surface area contributed by atoms with Crippen LogP contribution in [0.5, 0.6) is 0 Å². The van der Waals surface area contributed by atoms with E-state index in [0.29, 0.717) is 24.7 Å². The molecule has 4 N–H and O–H groups in total. The molecule has 1 heterocycles. The highest BCUT2D eigenvalue weighted by Crippen LogP contribution is 2.17. The molecule has 1 aromatic rings. The minimum atomic E-state index is 0.0421. The summed E-state index contributed by atoms with van der Waals surface area (Å²) in [7, 11) is 0. The average molecular weight is 252 g/mol. The summed E-state index contributed by atoms with van der Waals surface area (Å²) in [6.45, 7) is 4.77. The van der Waals surface area contributed by atoms with E-state index in [9.17, 15) is 4.79 Å². The Morgan fingerprint density at radius 2 is 2.28 bits per heavy atom. The minimum absolute atomic E-state index is 0.0421. The number of H-pyrrole nitrogens is 1. The molecular formula is C13H24N4O. The van der Waals surface area contributed by atoms with Crippen LogP contribution in [0, 0.1) is 12.8 Å². The minimum Gasteiger partial charge on any atom is -0.330 e. The topological polar surface area (TPSA) is 83.8 Å². The van der Waals surface area contributed by atoms with Crippen LogP contribution >= 0.6 is 0 Å². The highest BCUT2D eigenvalue weighted by atomic mass is 16.1. The molecule has 1 unspecified atom stereocenters. The van der Waals surface area contributed by atoms with E-state index in [0.717, 1.165) is 31.2 Å². The summed E-state index contributed by atoms with van der Waals surface area (Å²) in [4.78, 5) is 11.8. The Kier molecular flexibility index (Phi) is 6.43. The van der Waals surface area contributed by atoms with Crippen molar-refractivity contribution in [1.82, 2.24) is 10.2 Å². The van der Waals surface area contributed by atoms with Crippen LogP contribution in [0.25, 0.3) is 0 Å². The van der Waals surface area contributed by atoms with Crippen molar-refractivity contribution in [3.8, 4) is 0 Å². The molecule has 0 saturated heterocycles. The molecule has 0 radical (unpaired) electrons. The van der Waals surface area contributed by atoms with E-state index in [4.69, 9.17) is 5.73 Å². The normalized spacial score (nSPS) is 12.4. The van der Waals surface area contributed by atoms with E-state index in [2.05, 4.69) is 22.4 Å². The Labute approximate surface area is 109 Å². The third-order valence-electron chi connectivity index (χ3n) is 3.14. The van der Waals surface area contributed by atoms with Crippen molar-refractivity contribution >= 4 is 11.7 Å². The molecule has 0 aromatic carbocycles. The number of nitrogens with zero attached hydrogens (tertiary/aromatic N) is 1. The van der Waals surface area contributed by atoms with Crippen LogP contribution in [0.1, 0.15) is 44.6 Å². The molecule has 1 amide bonds. The number of amides is 1. The van der Waals surface area contributed by atoms with Crippen LogP contribution in [0.3, 0.4) is 0 Å². The van der Waals surface area contributed by atoms with E-state index >= 15 is 0 Å². The zero-order chi connectivity index (χ0) is 13.4. The van der Waals surface area contributed by atoms with Gasteiger partial charge in [0.2, 0.25) is 5.91 Å². The fourth-order valence-corrected chi connectivity index (χ4v) is 2.09. The van der Waals surface area contributed by atoms with Gasteiger partial charge in [0, 0.05) is 12.0 Å². The second kappa shape index (κ2) is 7.87. The number of aromatic amines is 1. The summed E-state index contributed by atoms with van der Waals surface area (Å²) < 4.78 is 0. The predicted octanol–water partition coefficient (Wildman–Crippen LogP) is 2.20. The SMILES string of the molecule is CCCC(CCN)CCC(=O)Nc1[nH]ncc1C. The largest absolute Gasteiger partial charge is 0.330 e. The highest BCUT2D eigenvalue weighted by molar-refractivity contribution is 5.90. The zero-order valence-corrected chi connectivity index (χ0v) is 11.3. The van der Waals surface area contributed by atoms with Gasteiger partial charge in [-0.25, -0.2) is 0 Å². The van der Waals surface area contributed by atoms with Gasteiger partial charge in [0.15, 0.2) is 0 Å². The Bertz CT molecular complexity index is 356. The maximum absolute atomic E-state index is 11.8. The summed E-state index contributed by atoms with van der Waals surface area (Å²) in [5.41, 5.74) is 6.54. The van der Waals surface area contributed by atoms with Crippen LogP contribution < -0.4 is 11.1 Å². The van der Waals surface area contributed by atoms with Gasteiger partial charge in [-0.05, 0) is 32.2 Å². The number of aromatic nitrogens is 2. The van der Waals surface area contributed by atoms with Crippen molar-refractivity contribution in [2.75, 3.05) is 11.9 Å². The van der Waals surface area contributed by atoms with E-state index in [-0.39, 0.29) is 5.91 Å².